The van der Waals surface area contributed by atoms with Gasteiger partial charge in [-0.15, -0.1) is 0 Å². The summed E-state index contributed by atoms with van der Waals surface area (Å²) in [5.74, 6) is -0.676. The van der Waals surface area contributed by atoms with Crippen molar-refractivity contribution in [3.63, 3.8) is 0 Å². The van der Waals surface area contributed by atoms with Crippen LogP contribution in [-0.2, 0) is 6.18 Å². The Morgan fingerprint density at radius 1 is 0.780 bits per heavy atom. The smallest absolute Gasteiger partial charge is 0.316 e. The normalized spacial score (nSPS) is 12.0. The molecule has 4 rings (SSSR count). The van der Waals surface area contributed by atoms with E-state index >= 15 is 0 Å². The van der Waals surface area contributed by atoms with Crippen LogP contribution in [0.1, 0.15) is 44.3 Å². The fourth-order valence-electron chi connectivity index (χ4n) is 3.99. The lowest BCUT2D eigenvalue weighted by Gasteiger charge is -2.21. The summed E-state index contributed by atoms with van der Waals surface area (Å²) in [7, 11) is 0. The maximum Gasteiger partial charge on any atom is 0.451 e. The SMILES string of the molecule is CCCCCC(NC(=O)NNc1nc(C)nc2ccccc12)NC(=O)NNc1nc(C(F)(F)F)nc2ccccc12. The van der Waals surface area contributed by atoms with Gasteiger partial charge in [0.15, 0.2) is 11.6 Å². The molecule has 0 bridgehead atoms. The molecule has 6 N–H and O–H groups in total. The summed E-state index contributed by atoms with van der Waals surface area (Å²) in [6.45, 7) is 3.74. The van der Waals surface area contributed by atoms with Gasteiger partial charge in [0.1, 0.15) is 12.0 Å². The summed E-state index contributed by atoms with van der Waals surface area (Å²) in [5, 5.41) is 6.25. The summed E-state index contributed by atoms with van der Waals surface area (Å²) in [4.78, 5) is 41.1. The van der Waals surface area contributed by atoms with E-state index in [4.69, 9.17) is 0 Å². The lowest BCUT2D eigenvalue weighted by atomic mass is 10.2. The molecule has 0 radical (unpaired) electrons. The van der Waals surface area contributed by atoms with Gasteiger partial charge >= 0.3 is 18.2 Å². The number of fused-ring (bicyclic) bond motifs is 2. The first-order valence-electron chi connectivity index (χ1n) is 12.9. The van der Waals surface area contributed by atoms with Gasteiger partial charge in [0.05, 0.1) is 11.0 Å². The molecule has 4 aromatic rings. The number of hydrogen-bond acceptors (Lipinski definition) is 8. The summed E-state index contributed by atoms with van der Waals surface area (Å²) < 4.78 is 39.9. The summed E-state index contributed by atoms with van der Waals surface area (Å²) >= 11 is 0. The number of halogens is 3. The van der Waals surface area contributed by atoms with Crippen LogP contribution in [0.15, 0.2) is 48.5 Å². The lowest BCUT2D eigenvalue weighted by molar-refractivity contribution is -0.144. The number of urea groups is 2. The number of para-hydroxylation sites is 2. The maximum absolute atomic E-state index is 13.3. The summed E-state index contributed by atoms with van der Waals surface area (Å²) in [5.41, 5.74) is 10.7. The van der Waals surface area contributed by atoms with Crippen molar-refractivity contribution in [3.8, 4) is 0 Å². The third-order valence-corrected chi connectivity index (χ3v) is 5.87. The fourth-order valence-corrected chi connectivity index (χ4v) is 3.99. The molecule has 2 aromatic carbocycles. The number of aromatic nitrogens is 4. The zero-order valence-electron chi connectivity index (χ0n) is 22.3. The van der Waals surface area contributed by atoms with Gasteiger partial charge in [0, 0.05) is 10.8 Å². The standard InChI is InChI=1S/C26H29F3N10O2/c1-3-4-5-14-20(33-24(40)38-36-21-16-10-6-8-12-18(16)30-15(2)31-21)34-25(41)39-37-22-17-11-7-9-13-19(17)32-23(35-22)26(27,28)29/h6-13,20H,3-5,14H2,1-2H3,(H,30,31,36)(H,32,35,37)(H2,33,38,40)(H2,34,39,41). The van der Waals surface area contributed by atoms with Crippen LogP contribution in [0.4, 0.5) is 34.4 Å². The van der Waals surface area contributed by atoms with Crippen LogP contribution >= 0.6 is 0 Å². The fraction of sp³-hybridized carbons (Fsp3) is 0.308. The minimum absolute atomic E-state index is 0.0504. The molecule has 0 aliphatic carbocycles. The molecule has 2 heterocycles. The van der Waals surface area contributed by atoms with Crippen molar-refractivity contribution in [1.29, 1.82) is 0 Å². The van der Waals surface area contributed by atoms with E-state index in [-0.39, 0.29) is 16.7 Å². The van der Waals surface area contributed by atoms with Crippen LogP contribution in [0, 0.1) is 6.92 Å². The molecule has 2 aromatic heterocycles. The number of alkyl halides is 3. The number of benzene rings is 2. The number of nitrogens with zero attached hydrogens (tertiary/aromatic N) is 4. The van der Waals surface area contributed by atoms with Crippen molar-refractivity contribution >= 4 is 45.5 Å². The molecule has 15 heteroatoms. The third-order valence-electron chi connectivity index (χ3n) is 5.87. The van der Waals surface area contributed by atoms with Gasteiger partial charge in [-0.05, 0) is 44.0 Å². The Kier molecular flexibility index (Phi) is 9.16. The number of carbonyl (C=O) groups is 2. The zero-order valence-corrected chi connectivity index (χ0v) is 22.3. The Morgan fingerprint density at radius 3 is 1.88 bits per heavy atom. The first-order valence-corrected chi connectivity index (χ1v) is 12.9. The van der Waals surface area contributed by atoms with Crippen molar-refractivity contribution in [1.82, 2.24) is 41.4 Å². The van der Waals surface area contributed by atoms with E-state index < -0.39 is 30.2 Å². The van der Waals surface area contributed by atoms with Gasteiger partial charge < -0.3 is 10.6 Å². The van der Waals surface area contributed by atoms with Crippen molar-refractivity contribution in [2.75, 3.05) is 10.9 Å². The predicted octanol–water partition coefficient (Wildman–Crippen LogP) is 4.76. The van der Waals surface area contributed by atoms with Crippen LogP contribution in [0.25, 0.3) is 21.8 Å². The van der Waals surface area contributed by atoms with E-state index in [9.17, 15) is 22.8 Å². The molecule has 0 saturated heterocycles. The predicted molar refractivity (Wildman–Crippen MR) is 147 cm³/mol. The molecular weight excluding hydrogens is 541 g/mol. The number of hydrazine groups is 2. The van der Waals surface area contributed by atoms with E-state index in [1.54, 1.807) is 19.1 Å². The molecule has 0 spiro atoms. The third kappa shape index (κ3) is 7.80. The van der Waals surface area contributed by atoms with Gasteiger partial charge in [-0.2, -0.15) is 13.2 Å². The number of unbranched alkanes of at least 4 members (excludes halogenated alkanes) is 2. The molecule has 0 aliphatic rings. The van der Waals surface area contributed by atoms with Gasteiger partial charge in [-0.25, -0.2) is 29.5 Å². The Bertz CT molecular complexity index is 1530. The van der Waals surface area contributed by atoms with Gasteiger partial charge in [0.2, 0.25) is 5.82 Å². The molecule has 1 atom stereocenters. The van der Waals surface area contributed by atoms with Crippen molar-refractivity contribution in [2.24, 2.45) is 0 Å². The molecule has 1 unspecified atom stereocenters. The molecular formula is C26H29F3N10O2. The number of hydrogen-bond donors (Lipinski definition) is 6. The van der Waals surface area contributed by atoms with Crippen LogP contribution < -0.4 is 32.3 Å². The Hall–Kier alpha value is -4.95. The summed E-state index contributed by atoms with van der Waals surface area (Å²) in [6.07, 6.45) is -2.71. The monoisotopic (exact) mass is 570 g/mol. The average Bonchev–Trinajstić information content (AvgIpc) is 2.94. The number of aryl methyl sites for hydroxylation is 1. The minimum Gasteiger partial charge on any atom is -0.316 e. The molecule has 0 aliphatic heterocycles. The van der Waals surface area contributed by atoms with E-state index in [1.807, 2.05) is 31.2 Å². The largest absolute Gasteiger partial charge is 0.451 e. The van der Waals surface area contributed by atoms with Crippen LogP contribution in [-0.4, -0.2) is 38.2 Å². The minimum atomic E-state index is -4.78. The number of rotatable bonds is 10. The number of amides is 4. The van der Waals surface area contributed by atoms with E-state index in [2.05, 4.69) is 52.3 Å². The molecule has 12 nitrogen and oxygen atoms in total. The van der Waals surface area contributed by atoms with E-state index in [1.165, 1.54) is 12.1 Å². The van der Waals surface area contributed by atoms with E-state index in [0.717, 1.165) is 12.8 Å². The lowest BCUT2D eigenvalue weighted by Crippen LogP contribution is -2.55. The highest BCUT2D eigenvalue weighted by Gasteiger charge is 2.35. The molecule has 0 saturated carbocycles. The Labute approximate surface area is 232 Å². The van der Waals surface area contributed by atoms with Crippen molar-refractivity contribution in [2.45, 2.75) is 51.9 Å². The van der Waals surface area contributed by atoms with Crippen molar-refractivity contribution in [3.05, 3.63) is 60.2 Å². The highest BCUT2D eigenvalue weighted by molar-refractivity contribution is 5.91. The molecule has 41 heavy (non-hydrogen) atoms. The molecule has 4 amide bonds. The number of nitrogens with one attached hydrogen (secondary N) is 6. The van der Waals surface area contributed by atoms with Gasteiger partial charge in [-0.1, -0.05) is 44.0 Å². The Balaban J connectivity index is 1.39. The molecule has 216 valence electrons. The van der Waals surface area contributed by atoms with Crippen LogP contribution in [0.3, 0.4) is 0 Å². The van der Waals surface area contributed by atoms with E-state index in [0.29, 0.717) is 35.4 Å². The second-order valence-electron chi connectivity index (χ2n) is 9.04. The van der Waals surface area contributed by atoms with Crippen LogP contribution in [0.2, 0.25) is 0 Å². The highest BCUT2D eigenvalue weighted by atomic mass is 19.4. The summed E-state index contributed by atoms with van der Waals surface area (Å²) in [6, 6.07) is 11.9. The second kappa shape index (κ2) is 12.9. The van der Waals surface area contributed by atoms with Crippen molar-refractivity contribution < 1.29 is 22.8 Å². The quantitative estimate of drug-likeness (QED) is 0.0905. The van der Waals surface area contributed by atoms with Gasteiger partial charge in [0.25, 0.3) is 0 Å². The first kappa shape index (κ1) is 29.0. The maximum atomic E-state index is 13.3. The zero-order chi connectivity index (χ0) is 29.4. The Morgan fingerprint density at radius 2 is 1.32 bits per heavy atom. The topological polar surface area (TPSA) is 158 Å². The molecule has 0 fully saturated rings. The van der Waals surface area contributed by atoms with Crippen LogP contribution in [0.5, 0.6) is 0 Å². The highest BCUT2D eigenvalue weighted by Crippen LogP contribution is 2.30. The first-order chi connectivity index (χ1) is 19.6. The number of anilines is 2. The van der Waals surface area contributed by atoms with Gasteiger partial charge in [-0.3, -0.25) is 21.7 Å². The average molecular weight is 571 g/mol. The number of carbonyl (C=O) groups excluding carboxylic acids is 2. The second-order valence-corrected chi connectivity index (χ2v) is 9.04.